The van der Waals surface area contributed by atoms with Gasteiger partial charge in [-0.25, -0.2) is 0 Å². The predicted molar refractivity (Wildman–Crippen MR) is 87.5 cm³/mol. The first kappa shape index (κ1) is 14.3. The van der Waals surface area contributed by atoms with Crippen molar-refractivity contribution in [2.24, 2.45) is 0 Å². The highest BCUT2D eigenvalue weighted by Gasteiger charge is 2.20. The molecule has 1 amide bonds. The van der Waals surface area contributed by atoms with Crippen LogP contribution >= 0.6 is 11.3 Å². The third-order valence-electron chi connectivity index (χ3n) is 4.11. The van der Waals surface area contributed by atoms with Gasteiger partial charge in [0.25, 0.3) is 0 Å². The fourth-order valence-electron chi connectivity index (χ4n) is 3.05. The molecule has 1 aromatic carbocycles. The fourth-order valence-corrected chi connectivity index (χ4v) is 3.80. The van der Waals surface area contributed by atoms with Crippen LogP contribution in [0.4, 0.5) is 0 Å². The molecular weight excluding hydrogens is 278 g/mol. The zero-order chi connectivity index (χ0) is 14.5. The molecule has 2 nitrogen and oxygen atoms in total. The molecular formula is C18H21NOS. The standard InChI is InChI=1S/C18H21NOS/c20-18(12-4-8-15-9-5-13-21-15)19-17-11-3-7-14-6-1-2-10-16(14)17/h1-2,5-6,9-10,13,17H,3-4,7-8,11-12H2,(H,19,20). The Labute approximate surface area is 130 Å². The van der Waals surface area contributed by atoms with E-state index in [1.807, 2.05) is 0 Å². The van der Waals surface area contributed by atoms with Gasteiger partial charge in [-0.1, -0.05) is 30.3 Å². The van der Waals surface area contributed by atoms with E-state index in [4.69, 9.17) is 0 Å². The van der Waals surface area contributed by atoms with Crippen molar-refractivity contribution in [1.29, 1.82) is 0 Å². The van der Waals surface area contributed by atoms with E-state index in [0.29, 0.717) is 6.42 Å². The molecule has 21 heavy (non-hydrogen) atoms. The molecule has 1 aliphatic carbocycles. The maximum absolute atomic E-state index is 12.1. The van der Waals surface area contributed by atoms with E-state index >= 15 is 0 Å². The number of aryl methyl sites for hydroxylation is 2. The summed E-state index contributed by atoms with van der Waals surface area (Å²) in [6, 6.07) is 12.9. The largest absolute Gasteiger partial charge is 0.349 e. The highest BCUT2D eigenvalue weighted by molar-refractivity contribution is 7.09. The van der Waals surface area contributed by atoms with E-state index in [-0.39, 0.29) is 11.9 Å². The summed E-state index contributed by atoms with van der Waals surface area (Å²) in [6.45, 7) is 0. The molecule has 0 aliphatic heterocycles. The molecule has 0 saturated carbocycles. The van der Waals surface area contributed by atoms with Crippen molar-refractivity contribution < 1.29 is 4.79 Å². The Morgan fingerprint density at radius 1 is 1.24 bits per heavy atom. The molecule has 3 rings (SSSR count). The number of nitrogens with one attached hydrogen (secondary N) is 1. The normalized spacial score (nSPS) is 17.2. The average Bonchev–Trinajstić information content (AvgIpc) is 3.01. The highest BCUT2D eigenvalue weighted by Crippen LogP contribution is 2.29. The number of amides is 1. The van der Waals surface area contributed by atoms with E-state index in [9.17, 15) is 4.79 Å². The lowest BCUT2D eigenvalue weighted by Crippen LogP contribution is -2.30. The van der Waals surface area contributed by atoms with Crippen LogP contribution in [0.3, 0.4) is 0 Å². The fraction of sp³-hybridized carbons (Fsp3) is 0.389. The van der Waals surface area contributed by atoms with Crippen LogP contribution in [-0.4, -0.2) is 5.91 Å². The molecule has 0 fully saturated rings. The molecule has 110 valence electrons. The van der Waals surface area contributed by atoms with Crippen molar-refractivity contribution in [2.45, 2.75) is 44.6 Å². The summed E-state index contributed by atoms with van der Waals surface area (Å²) < 4.78 is 0. The lowest BCUT2D eigenvalue weighted by Gasteiger charge is -2.26. The van der Waals surface area contributed by atoms with Crippen LogP contribution in [0.25, 0.3) is 0 Å². The summed E-state index contributed by atoms with van der Waals surface area (Å²) in [5.74, 6) is 0.188. The third-order valence-corrected chi connectivity index (χ3v) is 5.05. The van der Waals surface area contributed by atoms with Crippen molar-refractivity contribution in [3.8, 4) is 0 Å². The molecule has 1 N–H and O–H groups in total. The Morgan fingerprint density at radius 3 is 3.00 bits per heavy atom. The van der Waals surface area contributed by atoms with Gasteiger partial charge >= 0.3 is 0 Å². The lowest BCUT2D eigenvalue weighted by molar-refractivity contribution is -0.122. The molecule has 1 aliphatic rings. The minimum absolute atomic E-state index is 0.188. The van der Waals surface area contributed by atoms with Crippen LogP contribution in [0.1, 0.15) is 47.7 Å². The topological polar surface area (TPSA) is 29.1 Å². The molecule has 0 saturated heterocycles. The molecule has 1 unspecified atom stereocenters. The van der Waals surface area contributed by atoms with Crippen LogP contribution < -0.4 is 5.32 Å². The monoisotopic (exact) mass is 299 g/mol. The maximum Gasteiger partial charge on any atom is 0.220 e. The summed E-state index contributed by atoms with van der Waals surface area (Å²) in [7, 11) is 0. The number of hydrogen-bond donors (Lipinski definition) is 1. The molecule has 0 spiro atoms. The van der Waals surface area contributed by atoms with Crippen molar-refractivity contribution in [3.05, 3.63) is 57.8 Å². The van der Waals surface area contributed by atoms with Gasteiger partial charge in [-0.15, -0.1) is 11.3 Å². The van der Waals surface area contributed by atoms with Crippen LogP contribution in [0.5, 0.6) is 0 Å². The SMILES string of the molecule is O=C(CCCc1cccs1)NC1CCCc2ccccc21. The molecule has 1 atom stereocenters. The van der Waals surface area contributed by atoms with Gasteiger partial charge < -0.3 is 5.32 Å². The lowest BCUT2D eigenvalue weighted by atomic mass is 9.87. The van der Waals surface area contributed by atoms with E-state index < -0.39 is 0 Å². The van der Waals surface area contributed by atoms with E-state index in [1.165, 1.54) is 16.0 Å². The van der Waals surface area contributed by atoms with E-state index in [1.54, 1.807) is 11.3 Å². The van der Waals surface area contributed by atoms with E-state index in [2.05, 4.69) is 47.1 Å². The second-order valence-corrected chi connectivity index (χ2v) is 6.68. The molecule has 1 heterocycles. The van der Waals surface area contributed by atoms with Crippen molar-refractivity contribution in [1.82, 2.24) is 5.32 Å². The Kier molecular flexibility index (Phi) is 4.71. The maximum atomic E-state index is 12.1. The van der Waals surface area contributed by atoms with Gasteiger partial charge in [0.05, 0.1) is 6.04 Å². The Balaban J connectivity index is 1.51. The number of fused-ring (bicyclic) bond motifs is 1. The summed E-state index contributed by atoms with van der Waals surface area (Å²) in [4.78, 5) is 13.5. The third kappa shape index (κ3) is 3.73. The van der Waals surface area contributed by atoms with Gasteiger partial charge in [-0.05, 0) is 54.7 Å². The summed E-state index contributed by atoms with van der Waals surface area (Å²) in [5.41, 5.74) is 2.71. The number of carbonyl (C=O) groups excluding carboxylic acids is 1. The van der Waals surface area contributed by atoms with Gasteiger partial charge in [0.2, 0.25) is 5.91 Å². The Hall–Kier alpha value is -1.61. The molecule has 2 aromatic rings. The van der Waals surface area contributed by atoms with Gasteiger partial charge in [-0.3, -0.25) is 4.79 Å². The number of carbonyl (C=O) groups is 1. The second-order valence-electron chi connectivity index (χ2n) is 5.64. The van der Waals surface area contributed by atoms with Gasteiger partial charge in [0, 0.05) is 11.3 Å². The van der Waals surface area contributed by atoms with Gasteiger partial charge in [-0.2, -0.15) is 0 Å². The quantitative estimate of drug-likeness (QED) is 0.878. The van der Waals surface area contributed by atoms with Crippen molar-refractivity contribution in [2.75, 3.05) is 0 Å². The zero-order valence-corrected chi connectivity index (χ0v) is 13.0. The second kappa shape index (κ2) is 6.90. The average molecular weight is 299 g/mol. The van der Waals surface area contributed by atoms with E-state index in [0.717, 1.165) is 32.1 Å². The van der Waals surface area contributed by atoms with Crippen LogP contribution in [0, 0.1) is 0 Å². The number of rotatable bonds is 5. The van der Waals surface area contributed by atoms with Gasteiger partial charge in [0.15, 0.2) is 0 Å². The smallest absolute Gasteiger partial charge is 0.220 e. The van der Waals surface area contributed by atoms with Gasteiger partial charge in [0.1, 0.15) is 0 Å². The van der Waals surface area contributed by atoms with Crippen molar-refractivity contribution in [3.63, 3.8) is 0 Å². The summed E-state index contributed by atoms with van der Waals surface area (Å²) in [5, 5.41) is 5.31. The molecule has 3 heteroatoms. The number of benzene rings is 1. The number of hydrogen-bond acceptors (Lipinski definition) is 2. The molecule has 0 radical (unpaired) electrons. The molecule has 0 bridgehead atoms. The predicted octanol–water partition coefficient (Wildman–Crippen LogP) is 4.26. The summed E-state index contributed by atoms with van der Waals surface area (Å²) in [6.07, 6.45) is 5.93. The molecule has 1 aromatic heterocycles. The minimum Gasteiger partial charge on any atom is -0.349 e. The van der Waals surface area contributed by atoms with Crippen LogP contribution in [-0.2, 0) is 17.6 Å². The van der Waals surface area contributed by atoms with Crippen LogP contribution in [0.15, 0.2) is 41.8 Å². The highest BCUT2D eigenvalue weighted by atomic mass is 32.1. The van der Waals surface area contributed by atoms with Crippen molar-refractivity contribution >= 4 is 17.2 Å². The first-order valence-electron chi connectivity index (χ1n) is 7.72. The minimum atomic E-state index is 0.188. The summed E-state index contributed by atoms with van der Waals surface area (Å²) >= 11 is 1.77. The first-order chi connectivity index (χ1) is 10.3. The Bertz CT molecular complexity index is 591. The number of thiophene rings is 1. The van der Waals surface area contributed by atoms with Crippen LogP contribution in [0.2, 0.25) is 0 Å². The Morgan fingerprint density at radius 2 is 2.14 bits per heavy atom. The first-order valence-corrected chi connectivity index (χ1v) is 8.60. The zero-order valence-electron chi connectivity index (χ0n) is 12.2.